The molecule has 3 rings (SSSR count). The van der Waals surface area contributed by atoms with Crippen molar-refractivity contribution in [2.24, 2.45) is 5.14 Å². The van der Waals surface area contributed by atoms with E-state index in [4.69, 9.17) is 21.2 Å². The van der Waals surface area contributed by atoms with Crippen molar-refractivity contribution in [1.82, 2.24) is 15.1 Å². The number of benzene rings is 1. The third-order valence-corrected chi connectivity index (χ3v) is 6.34. The number of primary sulfonamides is 1. The highest BCUT2D eigenvalue weighted by Gasteiger charge is 2.21. The van der Waals surface area contributed by atoms with Gasteiger partial charge in [-0.25, -0.2) is 13.6 Å². The summed E-state index contributed by atoms with van der Waals surface area (Å²) in [6.45, 7) is 5.32. The lowest BCUT2D eigenvalue weighted by Crippen LogP contribution is -2.46. The number of hydrogen-bond acceptors (Lipinski definition) is 7. The summed E-state index contributed by atoms with van der Waals surface area (Å²) in [6.07, 6.45) is 1.54. The second-order valence-electron chi connectivity index (χ2n) is 7.21. The van der Waals surface area contributed by atoms with Gasteiger partial charge in [-0.15, -0.1) is 0 Å². The summed E-state index contributed by atoms with van der Waals surface area (Å²) in [5.74, 6) is 0.246. The van der Waals surface area contributed by atoms with Crippen LogP contribution in [0.3, 0.4) is 0 Å². The van der Waals surface area contributed by atoms with Crippen LogP contribution in [0.15, 0.2) is 39.8 Å². The molecule has 9 nitrogen and oxygen atoms in total. The van der Waals surface area contributed by atoms with E-state index in [0.29, 0.717) is 31.1 Å². The molecule has 30 heavy (non-hydrogen) atoms. The van der Waals surface area contributed by atoms with Gasteiger partial charge in [-0.05, 0) is 31.3 Å². The summed E-state index contributed by atoms with van der Waals surface area (Å²) in [7, 11) is -2.00. The molecule has 1 amide bonds. The van der Waals surface area contributed by atoms with Gasteiger partial charge >= 0.3 is 0 Å². The SMILES string of the molecule is CN1CCN(CCNC(=O)c2cc(S(N)(=O)=O)c(Cl)cc2NCc2ccco2)CC1. The summed E-state index contributed by atoms with van der Waals surface area (Å²) < 4.78 is 29.0. The molecule has 1 fully saturated rings. The van der Waals surface area contributed by atoms with Crippen LogP contribution in [0.2, 0.25) is 5.02 Å². The molecule has 0 radical (unpaired) electrons. The lowest BCUT2D eigenvalue weighted by Gasteiger charge is -2.32. The second-order valence-corrected chi connectivity index (χ2v) is 9.14. The molecule has 2 aromatic rings. The van der Waals surface area contributed by atoms with Crippen LogP contribution >= 0.6 is 11.6 Å². The highest BCUT2D eigenvalue weighted by atomic mass is 35.5. The summed E-state index contributed by atoms with van der Waals surface area (Å²) in [6, 6.07) is 6.12. The molecule has 4 N–H and O–H groups in total. The first-order valence-electron chi connectivity index (χ1n) is 9.56. The number of nitrogens with zero attached hydrogens (tertiary/aromatic N) is 2. The Morgan fingerprint density at radius 1 is 1.27 bits per heavy atom. The lowest BCUT2D eigenvalue weighted by atomic mass is 10.1. The molecule has 0 aliphatic carbocycles. The monoisotopic (exact) mass is 455 g/mol. The smallest absolute Gasteiger partial charge is 0.253 e. The highest BCUT2D eigenvalue weighted by molar-refractivity contribution is 7.89. The number of piperazine rings is 1. The van der Waals surface area contributed by atoms with Gasteiger partial charge in [0.05, 0.1) is 23.4 Å². The van der Waals surface area contributed by atoms with E-state index in [2.05, 4.69) is 27.5 Å². The molecule has 1 aromatic heterocycles. The van der Waals surface area contributed by atoms with Gasteiger partial charge in [-0.1, -0.05) is 11.6 Å². The van der Waals surface area contributed by atoms with E-state index in [9.17, 15) is 13.2 Å². The normalized spacial score (nSPS) is 15.8. The predicted molar refractivity (Wildman–Crippen MR) is 115 cm³/mol. The molecule has 2 heterocycles. The number of halogens is 1. The minimum absolute atomic E-state index is 0.0616. The quantitative estimate of drug-likeness (QED) is 0.546. The van der Waals surface area contributed by atoms with E-state index in [1.165, 1.54) is 12.1 Å². The fourth-order valence-electron chi connectivity index (χ4n) is 3.20. The maximum atomic E-state index is 12.8. The van der Waals surface area contributed by atoms with Gasteiger partial charge in [-0.3, -0.25) is 9.69 Å². The van der Waals surface area contributed by atoms with Gasteiger partial charge < -0.3 is 20.0 Å². The first kappa shape index (κ1) is 22.6. The van der Waals surface area contributed by atoms with Crippen LogP contribution in [0.1, 0.15) is 16.1 Å². The molecule has 1 aliphatic heterocycles. The molecule has 0 bridgehead atoms. The number of anilines is 1. The molecule has 1 aromatic carbocycles. The topological polar surface area (TPSA) is 121 Å². The van der Waals surface area contributed by atoms with Crippen molar-refractivity contribution >= 4 is 33.2 Å². The van der Waals surface area contributed by atoms with Crippen molar-refractivity contribution in [3.05, 3.63) is 46.9 Å². The minimum atomic E-state index is -4.08. The number of nitrogens with two attached hydrogens (primary N) is 1. The number of amides is 1. The second kappa shape index (κ2) is 9.80. The zero-order valence-corrected chi connectivity index (χ0v) is 18.3. The zero-order valence-electron chi connectivity index (χ0n) is 16.7. The molecular weight excluding hydrogens is 430 g/mol. The third kappa shape index (κ3) is 5.96. The maximum Gasteiger partial charge on any atom is 0.253 e. The molecule has 1 aliphatic rings. The number of carbonyl (C=O) groups excluding carboxylic acids is 1. The van der Waals surface area contributed by atoms with E-state index in [-0.39, 0.29) is 15.5 Å². The Balaban J connectivity index is 1.72. The van der Waals surface area contributed by atoms with Crippen molar-refractivity contribution in [2.45, 2.75) is 11.4 Å². The molecule has 1 saturated heterocycles. The average molecular weight is 456 g/mol. The summed E-state index contributed by atoms with van der Waals surface area (Å²) in [5, 5.41) is 11.1. The Morgan fingerprint density at radius 2 is 2.00 bits per heavy atom. The van der Waals surface area contributed by atoms with Gasteiger partial charge in [-0.2, -0.15) is 0 Å². The van der Waals surface area contributed by atoms with Gasteiger partial charge in [0.2, 0.25) is 10.0 Å². The first-order valence-corrected chi connectivity index (χ1v) is 11.5. The van der Waals surface area contributed by atoms with E-state index >= 15 is 0 Å². The predicted octanol–water partition coefficient (Wildman–Crippen LogP) is 1.17. The Morgan fingerprint density at radius 3 is 2.63 bits per heavy atom. The lowest BCUT2D eigenvalue weighted by molar-refractivity contribution is 0.0941. The van der Waals surface area contributed by atoms with E-state index in [1.54, 1.807) is 18.4 Å². The molecule has 0 atom stereocenters. The summed E-state index contributed by atoms with van der Waals surface area (Å²) in [5.41, 5.74) is 0.536. The number of sulfonamides is 1. The van der Waals surface area contributed by atoms with E-state index in [1.807, 2.05) is 0 Å². The highest BCUT2D eigenvalue weighted by Crippen LogP contribution is 2.28. The number of rotatable bonds is 8. The van der Waals surface area contributed by atoms with Crippen LogP contribution in [0, 0.1) is 0 Å². The van der Waals surface area contributed by atoms with E-state index < -0.39 is 15.9 Å². The minimum Gasteiger partial charge on any atom is -0.467 e. The fourth-order valence-corrected chi connectivity index (χ4v) is 4.29. The van der Waals surface area contributed by atoms with Gasteiger partial charge in [0, 0.05) is 45.0 Å². The van der Waals surface area contributed by atoms with Crippen LogP contribution in [-0.4, -0.2) is 70.4 Å². The van der Waals surface area contributed by atoms with Crippen molar-refractivity contribution in [1.29, 1.82) is 0 Å². The number of carbonyl (C=O) groups is 1. The molecule has 164 valence electrons. The molecular formula is C19H26ClN5O4S. The van der Waals surface area contributed by atoms with Crippen LogP contribution in [0.5, 0.6) is 0 Å². The third-order valence-electron chi connectivity index (χ3n) is 4.97. The van der Waals surface area contributed by atoms with Gasteiger partial charge in [0.15, 0.2) is 0 Å². The van der Waals surface area contributed by atoms with Crippen LogP contribution in [0.25, 0.3) is 0 Å². The molecule has 0 unspecified atom stereocenters. The molecule has 0 spiro atoms. The average Bonchev–Trinajstić information content (AvgIpc) is 3.20. The summed E-state index contributed by atoms with van der Waals surface area (Å²) >= 11 is 6.10. The first-order chi connectivity index (χ1) is 14.2. The van der Waals surface area contributed by atoms with Crippen molar-refractivity contribution in [3.63, 3.8) is 0 Å². The van der Waals surface area contributed by atoms with Crippen LogP contribution in [-0.2, 0) is 16.6 Å². The van der Waals surface area contributed by atoms with E-state index in [0.717, 1.165) is 26.2 Å². The fraction of sp³-hybridized carbons (Fsp3) is 0.421. The van der Waals surface area contributed by atoms with Crippen molar-refractivity contribution in [2.75, 3.05) is 51.6 Å². The Bertz CT molecular complexity index is 973. The number of nitrogens with one attached hydrogen (secondary N) is 2. The Kier molecular flexibility index (Phi) is 7.37. The Hall–Kier alpha value is -2.11. The summed E-state index contributed by atoms with van der Waals surface area (Å²) in [4.78, 5) is 17.1. The Labute approximate surface area is 181 Å². The number of likely N-dealkylation sites (N-methyl/N-ethyl adjacent to an activating group) is 1. The van der Waals surface area contributed by atoms with Crippen molar-refractivity contribution in [3.8, 4) is 0 Å². The maximum absolute atomic E-state index is 12.8. The van der Waals surface area contributed by atoms with Crippen LogP contribution < -0.4 is 15.8 Å². The standard InChI is InChI=1S/C19H26ClN5O4S/c1-24-6-8-25(9-7-24)5-4-22-19(26)15-11-18(30(21,27)28)16(20)12-17(15)23-13-14-3-2-10-29-14/h2-3,10-12,23H,4-9,13H2,1H3,(H,22,26)(H2,21,27,28). The zero-order chi connectivity index (χ0) is 21.7. The number of hydrogen-bond donors (Lipinski definition) is 3. The largest absolute Gasteiger partial charge is 0.467 e. The van der Waals surface area contributed by atoms with Gasteiger partial charge in [0.1, 0.15) is 10.7 Å². The van der Waals surface area contributed by atoms with Crippen molar-refractivity contribution < 1.29 is 17.6 Å². The molecule has 11 heteroatoms. The van der Waals surface area contributed by atoms with Gasteiger partial charge in [0.25, 0.3) is 5.91 Å². The number of furan rings is 1. The molecule has 0 saturated carbocycles. The van der Waals surface area contributed by atoms with Crippen LogP contribution in [0.4, 0.5) is 5.69 Å².